The normalized spacial score (nSPS) is 14.9. The maximum atomic E-state index is 11.8. The number of ether oxygens (including phenoxy) is 2. The highest BCUT2D eigenvalue weighted by molar-refractivity contribution is 9.10. The van der Waals surface area contributed by atoms with Crippen molar-refractivity contribution in [3.63, 3.8) is 0 Å². The minimum atomic E-state index is -0.517. The van der Waals surface area contributed by atoms with Crippen molar-refractivity contribution < 1.29 is 14.3 Å². The molecule has 1 aliphatic carbocycles. The smallest absolute Gasteiger partial charge is 0.412 e. The Hall–Kier alpha value is -1.23. The van der Waals surface area contributed by atoms with Crippen LogP contribution in [0.5, 0.6) is 5.75 Å². The van der Waals surface area contributed by atoms with E-state index in [1.54, 1.807) is 6.07 Å². The van der Waals surface area contributed by atoms with Crippen molar-refractivity contribution in [3.8, 4) is 5.75 Å². The van der Waals surface area contributed by atoms with Crippen molar-refractivity contribution in [1.29, 1.82) is 0 Å². The quantitative estimate of drug-likeness (QED) is 0.898. The van der Waals surface area contributed by atoms with E-state index in [-0.39, 0.29) is 6.10 Å². The van der Waals surface area contributed by atoms with Crippen LogP contribution in [0.3, 0.4) is 0 Å². The molecule has 104 valence electrons. The monoisotopic (exact) mass is 327 g/mol. The van der Waals surface area contributed by atoms with E-state index in [9.17, 15) is 4.79 Å². The number of carbonyl (C=O) groups is 1. The lowest BCUT2D eigenvalue weighted by molar-refractivity contribution is 0.0635. The molecule has 1 saturated carbocycles. The highest BCUT2D eigenvalue weighted by atomic mass is 79.9. The van der Waals surface area contributed by atoms with Gasteiger partial charge < -0.3 is 9.47 Å². The first-order chi connectivity index (χ1) is 8.83. The standard InChI is InChI=1S/C14H18BrNO3/c1-14(2,3)19-13(17)16-11-7-4-9(15)8-12(11)18-10-5-6-10/h4,7-8,10H,5-6H2,1-3H3,(H,16,17). The van der Waals surface area contributed by atoms with Gasteiger partial charge in [-0.1, -0.05) is 15.9 Å². The highest BCUT2D eigenvalue weighted by Crippen LogP contribution is 2.34. The summed E-state index contributed by atoms with van der Waals surface area (Å²) in [6.07, 6.45) is 1.93. The fourth-order valence-electron chi connectivity index (χ4n) is 1.48. The molecule has 5 heteroatoms. The Bertz CT molecular complexity index is 478. The summed E-state index contributed by atoms with van der Waals surface area (Å²) in [5, 5.41) is 2.72. The van der Waals surface area contributed by atoms with Crippen LogP contribution in [-0.2, 0) is 4.74 Å². The summed E-state index contributed by atoms with van der Waals surface area (Å²) in [4.78, 5) is 11.8. The number of anilines is 1. The first-order valence-electron chi connectivity index (χ1n) is 6.30. The van der Waals surface area contributed by atoms with Crippen molar-refractivity contribution in [2.24, 2.45) is 0 Å². The van der Waals surface area contributed by atoms with Crippen LogP contribution in [-0.4, -0.2) is 17.8 Å². The summed E-state index contributed by atoms with van der Waals surface area (Å²) >= 11 is 3.40. The number of carbonyl (C=O) groups excluding carboxylic acids is 1. The Morgan fingerprint density at radius 2 is 2.05 bits per heavy atom. The number of hydrogen-bond donors (Lipinski definition) is 1. The third kappa shape index (κ3) is 4.74. The third-order valence-corrected chi connectivity index (χ3v) is 2.89. The molecule has 0 saturated heterocycles. The number of benzene rings is 1. The molecule has 1 aromatic rings. The maximum absolute atomic E-state index is 11.8. The van der Waals surface area contributed by atoms with Crippen LogP contribution in [0.2, 0.25) is 0 Å². The van der Waals surface area contributed by atoms with Gasteiger partial charge in [0.15, 0.2) is 0 Å². The number of halogens is 1. The van der Waals surface area contributed by atoms with Crippen LogP contribution in [0.15, 0.2) is 22.7 Å². The van der Waals surface area contributed by atoms with Gasteiger partial charge in [-0.05, 0) is 51.8 Å². The van der Waals surface area contributed by atoms with Gasteiger partial charge in [-0.3, -0.25) is 5.32 Å². The SMILES string of the molecule is CC(C)(C)OC(=O)Nc1ccc(Br)cc1OC1CC1. The maximum Gasteiger partial charge on any atom is 0.412 e. The molecule has 19 heavy (non-hydrogen) atoms. The van der Waals surface area contributed by atoms with Crippen LogP contribution < -0.4 is 10.1 Å². The fourth-order valence-corrected chi connectivity index (χ4v) is 1.82. The zero-order chi connectivity index (χ0) is 14.0. The van der Waals surface area contributed by atoms with Crippen LogP contribution in [0.4, 0.5) is 10.5 Å². The Morgan fingerprint density at radius 1 is 1.37 bits per heavy atom. The highest BCUT2D eigenvalue weighted by Gasteiger charge is 2.25. The average Bonchev–Trinajstić information content (AvgIpc) is 3.03. The Morgan fingerprint density at radius 3 is 2.63 bits per heavy atom. The lowest BCUT2D eigenvalue weighted by Gasteiger charge is -2.20. The minimum absolute atomic E-state index is 0.272. The molecule has 0 spiro atoms. The van der Waals surface area contributed by atoms with Crippen LogP contribution in [0.1, 0.15) is 33.6 Å². The predicted octanol–water partition coefficient (Wildman–Crippen LogP) is 4.34. The summed E-state index contributed by atoms with van der Waals surface area (Å²) in [5.41, 5.74) is 0.112. The van der Waals surface area contributed by atoms with Gasteiger partial charge in [0.25, 0.3) is 0 Å². The lowest BCUT2D eigenvalue weighted by Crippen LogP contribution is -2.27. The molecule has 4 nitrogen and oxygen atoms in total. The molecule has 0 unspecified atom stereocenters. The van der Waals surface area contributed by atoms with Gasteiger partial charge in [0.1, 0.15) is 11.4 Å². The molecule has 0 heterocycles. The molecule has 1 aromatic carbocycles. The molecule has 0 radical (unpaired) electrons. The summed E-state index contributed by atoms with van der Waals surface area (Å²) in [6.45, 7) is 5.49. The van der Waals surface area contributed by atoms with Gasteiger partial charge in [-0.25, -0.2) is 4.79 Å². The number of amides is 1. The van der Waals surface area contributed by atoms with Gasteiger partial charge in [-0.2, -0.15) is 0 Å². The zero-order valence-electron chi connectivity index (χ0n) is 11.3. The molecule has 1 amide bonds. The topological polar surface area (TPSA) is 47.6 Å². The largest absolute Gasteiger partial charge is 0.488 e. The van der Waals surface area contributed by atoms with E-state index in [2.05, 4.69) is 21.2 Å². The van der Waals surface area contributed by atoms with E-state index in [0.29, 0.717) is 11.4 Å². The van der Waals surface area contributed by atoms with Gasteiger partial charge in [0.2, 0.25) is 0 Å². The van der Waals surface area contributed by atoms with E-state index in [1.165, 1.54) is 0 Å². The second-order valence-electron chi connectivity index (χ2n) is 5.58. The number of hydrogen-bond acceptors (Lipinski definition) is 3. The first-order valence-corrected chi connectivity index (χ1v) is 7.09. The van der Waals surface area contributed by atoms with E-state index in [4.69, 9.17) is 9.47 Å². The van der Waals surface area contributed by atoms with E-state index in [0.717, 1.165) is 17.3 Å². The Balaban J connectivity index is 2.07. The zero-order valence-corrected chi connectivity index (χ0v) is 12.9. The van der Waals surface area contributed by atoms with Crippen molar-refractivity contribution >= 4 is 27.7 Å². The van der Waals surface area contributed by atoms with E-state index in [1.807, 2.05) is 32.9 Å². The van der Waals surface area contributed by atoms with Crippen LogP contribution >= 0.6 is 15.9 Å². The summed E-state index contributed by atoms with van der Waals surface area (Å²) in [5.74, 6) is 0.669. The third-order valence-electron chi connectivity index (χ3n) is 2.40. The molecular weight excluding hydrogens is 310 g/mol. The second-order valence-corrected chi connectivity index (χ2v) is 6.50. The molecule has 1 N–H and O–H groups in total. The van der Waals surface area contributed by atoms with Gasteiger partial charge >= 0.3 is 6.09 Å². The van der Waals surface area contributed by atoms with Crippen molar-refractivity contribution in [1.82, 2.24) is 0 Å². The molecule has 1 aliphatic rings. The molecule has 2 rings (SSSR count). The summed E-state index contributed by atoms with van der Waals surface area (Å²) < 4.78 is 11.9. The van der Waals surface area contributed by atoms with E-state index >= 15 is 0 Å². The number of nitrogens with one attached hydrogen (secondary N) is 1. The van der Waals surface area contributed by atoms with Gasteiger partial charge in [-0.15, -0.1) is 0 Å². The van der Waals surface area contributed by atoms with Gasteiger partial charge in [0, 0.05) is 4.47 Å². The molecule has 0 aliphatic heterocycles. The van der Waals surface area contributed by atoms with Crippen molar-refractivity contribution in [2.75, 3.05) is 5.32 Å². The van der Waals surface area contributed by atoms with E-state index < -0.39 is 11.7 Å². The first kappa shape index (κ1) is 14.2. The second kappa shape index (κ2) is 5.41. The molecular formula is C14H18BrNO3. The minimum Gasteiger partial charge on any atom is -0.488 e. The van der Waals surface area contributed by atoms with Crippen molar-refractivity contribution in [3.05, 3.63) is 22.7 Å². The molecule has 0 atom stereocenters. The van der Waals surface area contributed by atoms with Gasteiger partial charge in [0.05, 0.1) is 11.8 Å². The lowest BCUT2D eigenvalue weighted by atomic mass is 10.2. The van der Waals surface area contributed by atoms with Crippen LogP contribution in [0.25, 0.3) is 0 Å². The molecule has 0 aromatic heterocycles. The number of rotatable bonds is 3. The predicted molar refractivity (Wildman–Crippen MR) is 77.6 cm³/mol. The van der Waals surface area contributed by atoms with Crippen LogP contribution in [0, 0.1) is 0 Å². The fraction of sp³-hybridized carbons (Fsp3) is 0.500. The molecule has 0 bridgehead atoms. The Labute approximate surface area is 121 Å². The summed E-state index contributed by atoms with van der Waals surface area (Å²) in [6, 6.07) is 5.50. The molecule has 1 fully saturated rings. The Kier molecular flexibility index (Phi) is 4.04. The average molecular weight is 328 g/mol. The van der Waals surface area contributed by atoms with Crippen molar-refractivity contribution in [2.45, 2.75) is 45.3 Å². The summed E-state index contributed by atoms with van der Waals surface area (Å²) in [7, 11) is 0.